The van der Waals surface area contributed by atoms with Crippen LogP contribution in [0.3, 0.4) is 0 Å². The van der Waals surface area contributed by atoms with E-state index in [1.165, 1.54) is 18.4 Å². The lowest BCUT2D eigenvalue weighted by Crippen LogP contribution is -2.15. The third-order valence-electron chi connectivity index (χ3n) is 2.73. The van der Waals surface area contributed by atoms with Crippen LogP contribution in [0.2, 0.25) is 0 Å². The number of hydrogen-bond donors (Lipinski definition) is 1. The minimum Gasteiger partial charge on any atom is -0.307 e. The summed E-state index contributed by atoms with van der Waals surface area (Å²) in [5, 5.41) is 3.40. The summed E-state index contributed by atoms with van der Waals surface area (Å²) in [6.07, 6.45) is 6.31. The van der Waals surface area contributed by atoms with Gasteiger partial charge in [-0.25, -0.2) is 9.97 Å². The summed E-state index contributed by atoms with van der Waals surface area (Å²) in [5.41, 5.74) is 1.21. The second kappa shape index (κ2) is 4.05. The van der Waals surface area contributed by atoms with Gasteiger partial charge in [-0.05, 0) is 30.9 Å². The van der Waals surface area contributed by atoms with Gasteiger partial charge in [0.15, 0.2) is 0 Å². The monoisotopic (exact) mass is 191 g/mol. The molecule has 0 bridgehead atoms. The van der Waals surface area contributed by atoms with Gasteiger partial charge in [0.1, 0.15) is 5.82 Å². The van der Waals surface area contributed by atoms with E-state index in [4.69, 9.17) is 0 Å². The Morgan fingerprint density at radius 1 is 1.36 bits per heavy atom. The van der Waals surface area contributed by atoms with Crippen molar-refractivity contribution in [3.63, 3.8) is 0 Å². The van der Waals surface area contributed by atoms with E-state index in [2.05, 4.69) is 29.1 Å². The van der Waals surface area contributed by atoms with E-state index in [0.717, 1.165) is 12.4 Å². The van der Waals surface area contributed by atoms with Gasteiger partial charge in [-0.1, -0.05) is 13.8 Å². The van der Waals surface area contributed by atoms with Gasteiger partial charge in [-0.15, -0.1) is 0 Å². The molecule has 1 aliphatic rings. The molecule has 0 aliphatic carbocycles. The van der Waals surface area contributed by atoms with Crippen LogP contribution >= 0.6 is 0 Å². The van der Waals surface area contributed by atoms with Crippen LogP contribution in [0.1, 0.15) is 50.0 Å². The lowest BCUT2D eigenvalue weighted by Gasteiger charge is -2.09. The maximum atomic E-state index is 4.41. The first-order chi connectivity index (χ1) is 6.77. The topological polar surface area (TPSA) is 37.8 Å². The van der Waals surface area contributed by atoms with E-state index < -0.39 is 0 Å². The summed E-state index contributed by atoms with van der Waals surface area (Å²) in [6, 6.07) is 0.385. The molecule has 0 radical (unpaired) electrons. The highest BCUT2D eigenvalue weighted by atomic mass is 15.0. The van der Waals surface area contributed by atoms with Crippen LogP contribution < -0.4 is 5.32 Å². The fraction of sp³-hybridized carbons (Fsp3) is 0.636. The predicted octanol–water partition coefficient (Wildman–Crippen LogP) is 2.02. The first kappa shape index (κ1) is 9.59. The molecule has 0 aromatic carbocycles. The molecule has 1 atom stereocenters. The van der Waals surface area contributed by atoms with Crippen molar-refractivity contribution in [1.82, 2.24) is 15.3 Å². The van der Waals surface area contributed by atoms with Crippen molar-refractivity contribution in [3.05, 3.63) is 23.8 Å². The molecule has 1 aliphatic heterocycles. The lowest BCUT2D eigenvalue weighted by atomic mass is 10.1. The second-order valence-corrected chi connectivity index (χ2v) is 4.18. The fourth-order valence-corrected chi connectivity index (χ4v) is 1.73. The largest absolute Gasteiger partial charge is 0.307 e. The molecular weight excluding hydrogens is 174 g/mol. The molecule has 0 amide bonds. The van der Waals surface area contributed by atoms with Crippen molar-refractivity contribution in [3.8, 4) is 0 Å². The lowest BCUT2D eigenvalue weighted by molar-refractivity contribution is 0.601. The highest BCUT2D eigenvalue weighted by molar-refractivity contribution is 5.11. The molecule has 3 heteroatoms. The van der Waals surface area contributed by atoms with Crippen LogP contribution in [-0.2, 0) is 0 Å². The zero-order valence-electron chi connectivity index (χ0n) is 8.83. The zero-order valence-corrected chi connectivity index (χ0v) is 8.83. The quantitative estimate of drug-likeness (QED) is 0.777. The van der Waals surface area contributed by atoms with E-state index >= 15 is 0 Å². The number of nitrogens with one attached hydrogen (secondary N) is 1. The van der Waals surface area contributed by atoms with Crippen molar-refractivity contribution in [1.29, 1.82) is 0 Å². The summed E-state index contributed by atoms with van der Waals surface area (Å²) in [4.78, 5) is 8.82. The molecule has 0 saturated carbocycles. The molecule has 1 saturated heterocycles. The molecule has 1 fully saturated rings. The van der Waals surface area contributed by atoms with Gasteiger partial charge in [0.25, 0.3) is 0 Å². The van der Waals surface area contributed by atoms with Crippen LogP contribution in [0.5, 0.6) is 0 Å². The maximum Gasteiger partial charge on any atom is 0.145 e. The van der Waals surface area contributed by atoms with Crippen LogP contribution in [0, 0.1) is 0 Å². The highest BCUT2D eigenvalue weighted by Gasteiger charge is 2.18. The van der Waals surface area contributed by atoms with E-state index in [9.17, 15) is 0 Å². The van der Waals surface area contributed by atoms with Gasteiger partial charge in [0.05, 0.1) is 6.04 Å². The Bertz CT molecular complexity index is 286. The SMILES string of the molecule is CC(C)c1cnc(C2CCCN2)nc1. The van der Waals surface area contributed by atoms with Crippen molar-refractivity contribution in [2.24, 2.45) is 0 Å². The van der Waals surface area contributed by atoms with Crippen molar-refractivity contribution >= 4 is 0 Å². The van der Waals surface area contributed by atoms with E-state index in [1.54, 1.807) is 0 Å². The normalized spacial score (nSPS) is 21.8. The molecule has 2 heterocycles. The van der Waals surface area contributed by atoms with E-state index in [0.29, 0.717) is 12.0 Å². The Morgan fingerprint density at radius 3 is 2.57 bits per heavy atom. The van der Waals surface area contributed by atoms with Crippen molar-refractivity contribution in [2.75, 3.05) is 6.54 Å². The van der Waals surface area contributed by atoms with Gasteiger partial charge in [0.2, 0.25) is 0 Å². The van der Waals surface area contributed by atoms with Crippen LogP contribution in [0.4, 0.5) is 0 Å². The van der Waals surface area contributed by atoms with Crippen LogP contribution in [0.25, 0.3) is 0 Å². The summed E-state index contributed by atoms with van der Waals surface area (Å²) in [7, 11) is 0. The molecule has 1 aromatic heterocycles. The van der Waals surface area contributed by atoms with Crippen molar-refractivity contribution < 1.29 is 0 Å². The number of hydrogen-bond acceptors (Lipinski definition) is 3. The number of aromatic nitrogens is 2. The Kier molecular flexibility index (Phi) is 2.77. The van der Waals surface area contributed by atoms with Gasteiger partial charge >= 0.3 is 0 Å². The summed E-state index contributed by atoms with van der Waals surface area (Å²) >= 11 is 0. The van der Waals surface area contributed by atoms with Gasteiger partial charge in [-0.2, -0.15) is 0 Å². The highest BCUT2D eigenvalue weighted by Crippen LogP contribution is 2.20. The fourth-order valence-electron chi connectivity index (χ4n) is 1.73. The standard InChI is InChI=1S/C11H17N3/c1-8(2)9-6-13-11(14-7-9)10-4-3-5-12-10/h6-8,10,12H,3-5H2,1-2H3. The first-order valence-corrected chi connectivity index (χ1v) is 5.32. The molecule has 1 aromatic rings. The summed E-state index contributed by atoms with van der Waals surface area (Å²) in [5.74, 6) is 1.47. The smallest absolute Gasteiger partial charge is 0.145 e. The third kappa shape index (κ3) is 1.93. The first-order valence-electron chi connectivity index (χ1n) is 5.32. The number of rotatable bonds is 2. The van der Waals surface area contributed by atoms with E-state index in [-0.39, 0.29) is 0 Å². The molecule has 2 rings (SSSR count). The van der Waals surface area contributed by atoms with Crippen LogP contribution in [0.15, 0.2) is 12.4 Å². The molecule has 14 heavy (non-hydrogen) atoms. The zero-order chi connectivity index (χ0) is 9.97. The van der Waals surface area contributed by atoms with Crippen molar-refractivity contribution in [2.45, 2.75) is 38.6 Å². The molecule has 3 nitrogen and oxygen atoms in total. The predicted molar refractivity (Wildman–Crippen MR) is 56.1 cm³/mol. The number of nitrogens with zero attached hydrogens (tertiary/aromatic N) is 2. The van der Waals surface area contributed by atoms with Gasteiger partial charge in [0, 0.05) is 12.4 Å². The Hall–Kier alpha value is -0.960. The maximum absolute atomic E-state index is 4.41. The Balaban J connectivity index is 2.12. The molecular formula is C11H17N3. The average molecular weight is 191 g/mol. The molecule has 1 N–H and O–H groups in total. The second-order valence-electron chi connectivity index (χ2n) is 4.18. The minimum absolute atomic E-state index is 0.385. The van der Waals surface area contributed by atoms with Gasteiger partial charge in [-0.3, -0.25) is 0 Å². The van der Waals surface area contributed by atoms with E-state index in [1.807, 2.05) is 12.4 Å². The van der Waals surface area contributed by atoms with Crippen LogP contribution in [-0.4, -0.2) is 16.5 Å². The summed E-state index contributed by atoms with van der Waals surface area (Å²) < 4.78 is 0. The Labute approximate surface area is 85.0 Å². The average Bonchev–Trinajstić information content (AvgIpc) is 2.71. The third-order valence-corrected chi connectivity index (χ3v) is 2.73. The molecule has 76 valence electrons. The molecule has 0 spiro atoms. The minimum atomic E-state index is 0.385. The Morgan fingerprint density at radius 2 is 2.07 bits per heavy atom. The van der Waals surface area contributed by atoms with Gasteiger partial charge < -0.3 is 5.32 Å². The summed E-state index contributed by atoms with van der Waals surface area (Å²) in [6.45, 7) is 5.42. The molecule has 1 unspecified atom stereocenters.